The van der Waals surface area contributed by atoms with Crippen LogP contribution in [0.25, 0.3) is 10.9 Å². The number of aryl methyl sites for hydroxylation is 2. The summed E-state index contributed by atoms with van der Waals surface area (Å²) in [6, 6.07) is 20.1. The van der Waals surface area contributed by atoms with Crippen LogP contribution in [0.5, 0.6) is 0 Å². The normalized spacial score (nSPS) is 10.7. The van der Waals surface area contributed by atoms with E-state index in [1.807, 2.05) is 55.5 Å². The van der Waals surface area contributed by atoms with Crippen molar-refractivity contribution in [3.8, 4) is 0 Å². The smallest absolute Gasteiger partial charge is 0.229 e. The maximum Gasteiger partial charge on any atom is 0.229 e. The molecule has 0 atom stereocenters. The van der Waals surface area contributed by atoms with Crippen molar-refractivity contribution in [1.82, 2.24) is 15.0 Å². The Morgan fingerprint density at radius 1 is 0.808 bits per heavy atom. The van der Waals surface area contributed by atoms with Crippen molar-refractivity contribution in [2.24, 2.45) is 0 Å². The number of aromatic nitrogens is 3. The van der Waals surface area contributed by atoms with Crippen LogP contribution in [-0.2, 0) is 0 Å². The molecule has 4 rings (SSSR count). The lowest BCUT2D eigenvalue weighted by molar-refractivity contribution is 1.11. The van der Waals surface area contributed by atoms with Gasteiger partial charge < -0.3 is 10.6 Å². The van der Waals surface area contributed by atoms with Crippen molar-refractivity contribution < 1.29 is 0 Å². The second kappa shape index (κ2) is 6.80. The third kappa shape index (κ3) is 3.47. The lowest BCUT2D eigenvalue weighted by Gasteiger charge is -2.11. The number of anilines is 4. The van der Waals surface area contributed by atoms with Crippen molar-refractivity contribution in [2.75, 3.05) is 10.6 Å². The molecule has 5 heteroatoms. The number of rotatable bonds is 4. The van der Waals surface area contributed by atoms with Gasteiger partial charge in [0.2, 0.25) is 5.95 Å². The summed E-state index contributed by atoms with van der Waals surface area (Å²) in [5.74, 6) is 1.29. The molecule has 26 heavy (non-hydrogen) atoms. The summed E-state index contributed by atoms with van der Waals surface area (Å²) in [4.78, 5) is 13.6. The molecule has 0 bridgehead atoms. The minimum atomic E-state index is 0.561. The number of nitrogens with one attached hydrogen (secondary N) is 2. The molecule has 2 aromatic carbocycles. The van der Waals surface area contributed by atoms with Crippen LogP contribution in [0.1, 0.15) is 11.3 Å². The molecule has 0 unspecified atom stereocenters. The highest BCUT2D eigenvalue weighted by Gasteiger charge is 2.06. The van der Waals surface area contributed by atoms with Gasteiger partial charge in [0.25, 0.3) is 0 Å². The van der Waals surface area contributed by atoms with Gasteiger partial charge in [-0.05, 0) is 43.7 Å². The van der Waals surface area contributed by atoms with Crippen LogP contribution in [0.15, 0.2) is 66.9 Å². The molecule has 128 valence electrons. The monoisotopic (exact) mass is 341 g/mol. The summed E-state index contributed by atoms with van der Waals surface area (Å²) >= 11 is 0. The van der Waals surface area contributed by atoms with E-state index in [-0.39, 0.29) is 0 Å². The summed E-state index contributed by atoms with van der Waals surface area (Å²) in [6.45, 7) is 4.01. The minimum Gasteiger partial charge on any atom is -0.338 e. The fraction of sp³-hybridized carbons (Fsp3) is 0.0952. The number of pyridine rings is 1. The van der Waals surface area contributed by atoms with E-state index in [0.717, 1.165) is 33.8 Å². The Balaban J connectivity index is 1.66. The van der Waals surface area contributed by atoms with E-state index < -0.39 is 0 Å². The number of nitrogens with zero attached hydrogens (tertiary/aromatic N) is 3. The lowest BCUT2D eigenvalue weighted by Crippen LogP contribution is -2.03. The fourth-order valence-electron chi connectivity index (χ4n) is 2.88. The molecule has 0 fully saturated rings. The standard InChI is InChI=1S/C21H19N5/c1-14-6-3-9-17(12-14)24-21-23-15(2)13-19(26-21)25-18-10-4-7-16-8-5-11-22-20(16)18/h3-13H,1-2H3,(H2,23,24,25,26). The number of para-hydroxylation sites is 1. The first kappa shape index (κ1) is 16.0. The highest BCUT2D eigenvalue weighted by Crippen LogP contribution is 2.25. The van der Waals surface area contributed by atoms with Gasteiger partial charge in [-0.25, -0.2) is 4.98 Å². The Kier molecular flexibility index (Phi) is 4.19. The first-order valence-corrected chi connectivity index (χ1v) is 8.47. The SMILES string of the molecule is Cc1cccc(Nc2nc(C)cc(Nc3cccc4cccnc34)n2)c1. The van der Waals surface area contributed by atoms with E-state index >= 15 is 0 Å². The molecule has 0 spiro atoms. The Labute approximate surface area is 152 Å². The van der Waals surface area contributed by atoms with E-state index in [0.29, 0.717) is 5.95 Å². The molecule has 2 N–H and O–H groups in total. The van der Waals surface area contributed by atoms with Crippen molar-refractivity contribution in [2.45, 2.75) is 13.8 Å². The van der Waals surface area contributed by atoms with Gasteiger partial charge in [-0.15, -0.1) is 0 Å². The van der Waals surface area contributed by atoms with Gasteiger partial charge in [-0.1, -0.05) is 30.3 Å². The molecule has 0 saturated heterocycles. The first-order chi connectivity index (χ1) is 12.7. The zero-order chi connectivity index (χ0) is 17.9. The van der Waals surface area contributed by atoms with Gasteiger partial charge in [0.05, 0.1) is 11.2 Å². The third-order valence-electron chi connectivity index (χ3n) is 4.02. The molecule has 0 amide bonds. The van der Waals surface area contributed by atoms with Crippen molar-refractivity contribution >= 4 is 34.0 Å². The molecular formula is C21H19N5. The van der Waals surface area contributed by atoms with E-state index in [2.05, 4.69) is 44.6 Å². The molecule has 5 nitrogen and oxygen atoms in total. The second-order valence-corrected chi connectivity index (χ2v) is 6.22. The van der Waals surface area contributed by atoms with Crippen LogP contribution in [-0.4, -0.2) is 15.0 Å². The molecule has 0 radical (unpaired) electrons. The molecule has 4 aromatic rings. The zero-order valence-electron chi connectivity index (χ0n) is 14.7. The number of benzene rings is 2. The van der Waals surface area contributed by atoms with E-state index in [1.54, 1.807) is 6.20 Å². The molecule has 0 aliphatic rings. The van der Waals surface area contributed by atoms with Gasteiger partial charge in [0.15, 0.2) is 0 Å². The minimum absolute atomic E-state index is 0.561. The summed E-state index contributed by atoms with van der Waals surface area (Å²) < 4.78 is 0. The Bertz CT molecular complexity index is 1070. The van der Waals surface area contributed by atoms with Gasteiger partial charge >= 0.3 is 0 Å². The number of fused-ring (bicyclic) bond motifs is 1. The predicted molar refractivity (Wildman–Crippen MR) is 106 cm³/mol. The van der Waals surface area contributed by atoms with E-state index in [4.69, 9.17) is 0 Å². The average molecular weight is 341 g/mol. The highest BCUT2D eigenvalue weighted by molar-refractivity contribution is 5.91. The first-order valence-electron chi connectivity index (χ1n) is 8.47. The summed E-state index contributed by atoms with van der Waals surface area (Å²) in [6.07, 6.45) is 1.80. The van der Waals surface area contributed by atoms with Gasteiger partial charge in [0, 0.05) is 29.0 Å². The van der Waals surface area contributed by atoms with Crippen molar-refractivity contribution in [1.29, 1.82) is 0 Å². The van der Waals surface area contributed by atoms with Gasteiger partial charge in [-0.2, -0.15) is 4.98 Å². The summed E-state index contributed by atoms with van der Waals surface area (Å²) in [7, 11) is 0. The van der Waals surface area contributed by atoms with Gasteiger partial charge in [-0.3, -0.25) is 4.98 Å². The Morgan fingerprint density at radius 2 is 1.65 bits per heavy atom. The third-order valence-corrected chi connectivity index (χ3v) is 4.02. The maximum absolute atomic E-state index is 4.60. The molecule has 2 heterocycles. The Hall–Kier alpha value is -3.47. The maximum atomic E-state index is 4.60. The molecule has 0 aliphatic heterocycles. The van der Waals surface area contributed by atoms with Crippen LogP contribution in [0.3, 0.4) is 0 Å². The number of hydrogen-bond acceptors (Lipinski definition) is 5. The molecule has 2 aromatic heterocycles. The van der Waals surface area contributed by atoms with Crippen LogP contribution < -0.4 is 10.6 Å². The molecule has 0 aliphatic carbocycles. The second-order valence-electron chi connectivity index (χ2n) is 6.22. The predicted octanol–water partition coefficient (Wildman–Crippen LogP) is 5.13. The quantitative estimate of drug-likeness (QED) is 0.539. The number of hydrogen-bond donors (Lipinski definition) is 2. The highest BCUT2D eigenvalue weighted by atomic mass is 15.1. The van der Waals surface area contributed by atoms with Crippen LogP contribution in [0.4, 0.5) is 23.1 Å². The van der Waals surface area contributed by atoms with Crippen LogP contribution in [0.2, 0.25) is 0 Å². The molecular weight excluding hydrogens is 322 g/mol. The largest absolute Gasteiger partial charge is 0.338 e. The topological polar surface area (TPSA) is 62.7 Å². The zero-order valence-corrected chi connectivity index (χ0v) is 14.7. The van der Waals surface area contributed by atoms with E-state index in [9.17, 15) is 0 Å². The molecule has 0 saturated carbocycles. The lowest BCUT2D eigenvalue weighted by atomic mass is 10.2. The van der Waals surface area contributed by atoms with Crippen molar-refractivity contribution in [3.63, 3.8) is 0 Å². The fourth-order valence-corrected chi connectivity index (χ4v) is 2.88. The van der Waals surface area contributed by atoms with E-state index in [1.165, 1.54) is 5.56 Å². The summed E-state index contributed by atoms with van der Waals surface area (Å²) in [5.41, 5.74) is 4.87. The van der Waals surface area contributed by atoms with Crippen LogP contribution in [0, 0.1) is 13.8 Å². The van der Waals surface area contributed by atoms with Crippen LogP contribution >= 0.6 is 0 Å². The van der Waals surface area contributed by atoms with Gasteiger partial charge in [0.1, 0.15) is 5.82 Å². The van der Waals surface area contributed by atoms with Crippen molar-refractivity contribution in [3.05, 3.63) is 78.1 Å². The Morgan fingerprint density at radius 3 is 2.54 bits per heavy atom. The summed E-state index contributed by atoms with van der Waals surface area (Å²) in [5, 5.41) is 7.73. The average Bonchev–Trinajstić information content (AvgIpc) is 2.61.